The van der Waals surface area contributed by atoms with Crippen LogP contribution < -0.4 is 5.43 Å². The highest BCUT2D eigenvalue weighted by Gasteiger charge is 2.16. The molecule has 36 heavy (non-hydrogen) atoms. The van der Waals surface area contributed by atoms with Crippen molar-refractivity contribution in [3.8, 4) is 28.5 Å². The summed E-state index contributed by atoms with van der Waals surface area (Å²) in [4.78, 5) is 26.7. The second-order valence-electron chi connectivity index (χ2n) is 7.62. The molecule has 0 unspecified atom stereocenters. The molecule has 176 valence electrons. The fourth-order valence-electron chi connectivity index (χ4n) is 3.48. The lowest BCUT2D eigenvalue weighted by Crippen LogP contribution is -2.17. The number of pyridine rings is 1. The van der Waals surface area contributed by atoms with E-state index in [4.69, 9.17) is 4.42 Å². The number of carbonyl (C=O) groups is 1. The van der Waals surface area contributed by atoms with Gasteiger partial charge in [0.05, 0.1) is 16.8 Å². The number of furan rings is 1. The van der Waals surface area contributed by atoms with Crippen molar-refractivity contribution in [3.05, 3.63) is 119 Å². The van der Waals surface area contributed by atoms with Gasteiger partial charge in [0.1, 0.15) is 11.5 Å². The van der Waals surface area contributed by atoms with Crippen molar-refractivity contribution in [2.75, 3.05) is 0 Å². The molecule has 2 aromatic carbocycles. The number of hydrazone groups is 1. The van der Waals surface area contributed by atoms with Gasteiger partial charge in [0, 0.05) is 47.4 Å². The molecule has 0 aliphatic rings. The Morgan fingerprint density at radius 3 is 2.42 bits per heavy atom. The van der Waals surface area contributed by atoms with Gasteiger partial charge in [0.2, 0.25) is 0 Å². The van der Waals surface area contributed by atoms with E-state index in [1.165, 1.54) is 30.7 Å². The van der Waals surface area contributed by atoms with Crippen LogP contribution in [0.1, 0.15) is 15.9 Å². The molecule has 5 aromatic rings. The zero-order chi connectivity index (χ0) is 24.9. The third kappa shape index (κ3) is 4.77. The fraction of sp³-hybridized carbons (Fsp3) is 0. The highest BCUT2D eigenvalue weighted by molar-refractivity contribution is 5.95. The zero-order valence-electron chi connectivity index (χ0n) is 18.7. The normalized spacial score (nSPS) is 11.0. The summed E-state index contributed by atoms with van der Waals surface area (Å²) in [5.74, 6) is 0.632. The van der Waals surface area contributed by atoms with Crippen LogP contribution in [0.5, 0.6) is 0 Å². The second kappa shape index (κ2) is 9.85. The summed E-state index contributed by atoms with van der Waals surface area (Å²) >= 11 is 0. The number of aromatic nitrogens is 3. The monoisotopic (exact) mass is 478 g/mol. The van der Waals surface area contributed by atoms with Crippen LogP contribution in [0.4, 0.5) is 5.69 Å². The van der Waals surface area contributed by atoms with E-state index < -0.39 is 4.92 Å². The van der Waals surface area contributed by atoms with Gasteiger partial charge >= 0.3 is 0 Å². The van der Waals surface area contributed by atoms with Crippen molar-refractivity contribution in [2.45, 2.75) is 0 Å². The lowest BCUT2D eigenvalue weighted by Gasteiger charge is -1.99. The Morgan fingerprint density at radius 2 is 1.69 bits per heavy atom. The first-order chi connectivity index (χ1) is 17.6. The molecular formula is C26H18N6O4. The van der Waals surface area contributed by atoms with Crippen LogP contribution >= 0.6 is 0 Å². The van der Waals surface area contributed by atoms with Crippen LogP contribution in [0.25, 0.3) is 28.5 Å². The fourth-order valence-corrected chi connectivity index (χ4v) is 3.48. The highest BCUT2D eigenvalue weighted by atomic mass is 16.6. The molecular weight excluding hydrogens is 460 g/mol. The second-order valence-corrected chi connectivity index (χ2v) is 7.62. The minimum Gasteiger partial charge on any atom is -0.454 e. The topological polar surface area (TPSA) is 128 Å². The average Bonchev–Trinajstić information content (AvgIpc) is 3.57. The molecule has 0 saturated carbocycles. The van der Waals surface area contributed by atoms with Crippen LogP contribution in [0.3, 0.4) is 0 Å². The van der Waals surface area contributed by atoms with Crippen molar-refractivity contribution < 1.29 is 14.1 Å². The number of nitrogens with one attached hydrogen (secondary N) is 1. The van der Waals surface area contributed by atoms with Gasteiger partial charge in [-0.3, -0.25) is 19.9 Å². The maximum Gasteiger partial charge on any atom is 0.271 e. The van der Waals surface area contributed by atoms with Crippen LogP contribution in [0, 0.1) is 10.1 Å². The first-order valence-electron chi connectivity index (χ1n) is 10.8. The summed E-state index contributed by atoms with van der Waals surface area (Å²) in [5.41, 5.74) is 5.57. The van der Waals surface area contributed by atoms with E-state index in [0.29, 0.717) is 33.9 Å². The SMILES string of the molecule is O=C(NN=Cc1cn(-c2ccccc2)nc1-c1ccc(-c2ccc([N+](=O)[O-])cc2)o1)c1ccncc1. The Bertz CT molecular complexity index is 1540. The number of carbonyl (C=O) groups excluding carboxylic acids is 1. The van der Waals surface area contributed by atoms with Crippen LogP contribution in [-0.2, 0) is 0 Å². The molecule has 0 aliphatic carbocycles. The Kier molecular flexibility index (Phi) is 6.14. The lowest BCUT2D eigenvalue weighted by atomic mass is 10.1. The van der Waals surface area contributed by atoms with E-state index in [0.717, 1.165) is 5.69 Å². The Morgan fingerprint density at radius 1 is 0.972 bits per heavy atom. The maximum absolute atomic E-state index is 12.3. The van der Waals surface area contributed by atoms with Crippen molar-refractivity contribution in [1.29, 1.82) is 0 Å². The van der Waals surface area contributed by atoms with Gasteiger partial charge in [-0.15, -0.1) is 0 Å². The summed E-state index contributed by atoms with van der Waals surface area (Å²) in [7, 11) is 0. The summed E-state index contributed by atoms with van der Waals surface area (Å²) < 4.78 is 7.73. The smallest absolute Gasteiger partial charge is 0.271 e. The van der Waals surface area contributed by atoms with Gasteiger partial charge in [-0.1, -0.05) is 18.2 Å². The Balaban J connectivity index is 1.46. The summed E-state index contributed by atoms with van der Waals surface area (Å²) in [6.07, 6.45) is 6.33. The standard InChI is InChI=1S/C26H18N6O4/c33-26(19-12-14-27-15-13-19)29-28-16-20-17-31(21-4-2-1-3-5-21)30-25(20)24-11-10-23(36-24)18-6-8-22(9-7-18)32(34)35/h1-17H,(H,29,33). The van der Waals surface area contributed by atoms with Gasteiger partial charge in [0.25, 0.3) is 11.6 Å². The molecule has 5 rings (SSSR count). The third-order valence-corrected chi connectivity index (χ3v) is 5.28. The van der Waals surface area contributed by atoms with Gasteiger partial charge in [-0.25, -0.2) is 10.1 Å². The molecule has 1 amide bonds. The maximum atomic E-state index is 12.3. The number of non-ortho nitro benzene ring substituents is 1. The van der Waals surface area contributed by atoms with E-state index in [9.17, 15) is 14.9 Å². The predicted octanol–water partition coefficient (Wildman–Crippen LogP) is 4.87. The molecule has 10 nitrogen and oxygen atoms in total. The van der Waals surface area contributed by atoms with Crippen molar-refractivity contribution in [1.82, 2.24) is 20.2 Å². The van der Waals surface area contributed by atoms with Crippen molar-refractivity contribution >= 4 is 17.8 Å². The largest absolute Gasteiger partial charge is 0.454 e. The molecule has 3 aromatic heterocycles. The van der Waals surface area contributed by atoms with Gasteiger partial charge in [-0.2, -0.15) is 10.2 Å². The Hall–Kier alpha value is -5.38. The van der Waals surface area contributed by atoms with E-state index in [2.05, 4.69) is 20.6 Å². The summed E-state index contributed by atoms with van der Waals surface area (Å²) in [6.45, 7) is 0. The number of hydrogen-bond donors (Lipinski definition) is 1. The number of nitrogens with zero attached hydrogens (tertiary/aromatic N) is 5. The van der Waals surface area contributed by atoms with E-state index in [1.807, 2.05) is 30.3 Å². The van der Waals surface area contributed by atoms with Crippen molar-refractivity contribution in [2.24, 2.45) is 5.10 Å². The molecule has 3 heterocycles. The first kappa shape index (κ1) is 22.4. The molecule has 0 fully saturated rings. The number of hydrogen-bond acceptors (Lipinski definition) is 7. The quantitative estimate of drug-likeness (QED) is 0.202. The van der Waals surface area contributed by atoms with Gasteiger partial charge in [-0.05, 0) is 48.5 Å². The first-order valence-corrected chi connectivity index (χ1v) is 10.8. The summed E-state index contributed by atoms with van der Waals surface area (Å²) in [5, 5.41) is 19.7. The lowest BCUT2D eigenvalue weighted by molar-refractivity contribution is -0.384. The third-order valence-electron chi connectivity index (χ3n) is 5.28. The van der Waals surface area contributed by atoms with E-state index in [-0.39, 0.29) is 11.6 Å². The highest BCUT2D eigenvalue weighted by Crippen LogP contribution is 2.30. The van der Waals surface area contributed by atoms with Crippen LogP contribution in [-0.4, -0.2) is 31.8 Å². The molecule has 0 saturated heterocycles. The predicted molar refractivity (Wildman–Crippen MR) is 133 cm³/mol. The van der Waals surface area contributed by atoms with Crippen LogP contribution in [0.2, 0.25) is 0 Å². The molecule has 0 bridgehead atoms. The zero-order valence-corrected chi connectivity index (χ0v) is 18.7. The molecule has 0 atom stereocenters. The van der Waals surface area contributed by atoms with Gasteiger partial charge < -0.3 is 4.42 Å². The molecule has 0 radical (unpaired) electrons. The van der Waals surface area contributed by atoms with Crippen LogP contribution in [0.15, 0.2) is 107 Å². The Labute approximate surface area is 204 Å². The molecule has 1 N–H and O–H groups in total. The van der Waals surface area contributed by atoms with Gasteiger partial charge in [0.15, 0.2) is 5.76 Å². The minimum atomic E-state index is -0.452. The number of nitro groups is 1. The van der Waals surface area contributed by atoms with Crippen molar-refractivity contribution in [3.63, 3.8) is 0 Å². The van der Waals surface area contributed by atoms with E-state index in [1.54, 1.807) is 47.3 Å². The number of amides is 1. The molecule has 10 heteroatoms. The number of benzene rings is 2. The minimum absolute atomic E-state index is 0.000514. The van der Waals surface area contributed by atoms with E-state index >= 15 is 0 Å². The molecule has 0 spiro atoms. The summed E-state index contributed by atoms with van der Waals surface area (Å²) in [6, 6.07) is 22.3. The number of rotatable bonds is 7. The molecule has 0 aliphatic heterocycles. The number of para-hydroxylation sites is 1. The average molecular weight is 478 g/mol. The number of nitro benzene ring substituents is 1.